The Bertz CT molecular complexity index is 311. The lowest BCUT2D eigenvalue weighted by Gasteiger charge is -2.21. The van der Waals surface area contributed by atoms with Gasteiger partial charge in [0.2, 0.25) is 0 Å². The number of esters is 1. The molecule has 0 fully saturated rings. The van der Waals surface area contributed by atoms with Crippen LogP contribution in [0.15, 0.2) is 18.3 Å². The summed E-state index contributed by atoms with van der Waals surface area (Å²) < 4.78 is 4.54. The van der Waals surface area contributed by atoms with Gasteiger partial charge >= 0.3 is 5.97 Å². The van der Waals surface area contributed by atoms with Crippen LogP contribution in [-0.4, -0.2) is 23.3 Å². The zero-order valence-electron chi connectivity index (χ0n) is 8.23. The summed E-state index contributed by atoms with van der Waals surface area (Å²) in [5.74, 6) is -0.361. The number of methoxy groups -OCH3 is 1. The molecular formula is C9H13N3O2. The summed E-state index contributed by atoms with van der Waals surface area (Å²) in [7, 11) is 1.33. The summed E-state index contributed by atoms with van der Waals surface area (Å²) in [6, 6.07) is 3.46. The molecule has 0 saturated heterocycles. The Morgan fingerprint density at radius 3 is 2.93 bits per heavy atom. The van der Waals surface area contributed by atoms with Crippen molar-refractivity contribution in [2.45, 2.75) is 18.9 Å². The molecule has 1 rings (SSSR count). The number of hydrogen-bond donors (Lipinski definition) is 1. The highest BCUT2D eigenvalue weighted by molar-refractivity contribution is 5.70. The van der Waals surface area contributed by atoms with Gasteiger partial charge < -0.3 is 10.5 Å². The number of carbonyl (C=O) groups excluding carboxylic acids is 1. The molecule has 0 aliphatic carbocycles. The molecular weight excluding hydrogens is 182 g/mol. The average molecular weight is 195 g/mol. The number of nitrogens with zero attached hydrogens (tertiary/aromatic N) is 2. The Morgan fingerprint density at radius 2 is 2.43 bits per heavy atom. The highest BCUT2D eigenvalue weighted by atomic mass is 16.5. The predicted octanol–water partition coefficient (Wildman–Crippen LogP) is 0.214. The van der Waals surface area contributed by atoms with E-state index in [1.165, 1.54) is 7.11 Å². The maximum atomic E-state index is 11.1. The molecule has 0 aromatic carbocycles. The van der Waals surface area contributed by atoms with Gasteiger partial charge in [0.25, 0.3) is 0 Å². The summed E-state index contributed by atoms with van der Waals surface area (Å²) in [5.41, 5.74) is 5.65. The van der Waals surface area contributed by atoms with E-state index >= 15 is 0 Å². The summed E-state index contributed by atoms with van der Waals surface area (Å²) in [5, 5.41) is 7.56. The molecule has 0 radical (unpaired) electrons. The SMILES string of the molecule is COC(=O)C[C@](C)(N)c1cccnn1. The van der Waals surface area contributed by atoms with Crippen LogP contribution >= 0.6 is 0 Å². The second kappa shape index (κ2) is 4.15. The molecule has 2 N–H and O–H groups in total. The Labute approximate surface area is 82.3 Å². The van der Waals surface area contributed by atoms with Crippen molar-refractivity contribution in [3.8, 4) is 0 Å². The molecule has 1 atom stereocenters. The Kier molecular flexibility index (Phi) is 3.14. The van der Waals surface area contributed by atoms with Crippen molar-refractivity contribution in [2.24, 2.45) is 5.73 Å². The maximum Gasteiger partial charge on any atom is 0.307 e. The second-order valence-electron chi connectivity index (χ2n) is 3.28. The Hall–Kier alpha value is -1.49. The lowest BCUT2D eigenvalue weighted by atomic mass is 9.95. The van der Waals surface area contributed by atoms with E-state index < -0.39 is 5.54 Å². The minimum absolute atomic E-state index is 0.0855. The quantitative estimate of drug-likeness (QED) is 0.698. The number of carbonyl (C=O) groups is 1. The van der Waals surface area contributed by atoms with Gasteiger partial charge in [-0.15, -0.1) is 0 Å². The van der Waals surface area contributed by atoms with E-state index in [9.17, 15) is 4.79 Å². The van der Waals surface area contributed by atoms with E-state index in [4.69, 9.17) is 5.73 Å². The molecule has 0 bridgehead atoms. The minimum atomic E-state index is -0.832. The average Bonchev–Trinajstić information content (AvgIpc) is 2.18. The predicted molar refractivity (Wildman–Crippen MR) is 50.2 cm³/mol. The molecule has 0 unspecified atom stereocenters. The van der Waals surface area contributed by atoms with Gasteiger partial charge in [-0.25, -0.2) is 0 Å². The van der Waals surface area contributed by atoms with Gasteiger partial charge in [0, 0.05) is 6.20 Å². The number of hydrogen-bond acceptors (Lipinski definition) is 5. The first-order valence-electron chi connectivity index (χ1n) is 4.20. The fraction of sp³-hybridized carbons (Fsp3) is 0.444. The van der Waals surface area contributed by atoms with E-state index in [-0.39, 0.29) is 12.4 Å². The van der Waals surface area contributed by atoms with Gasteiger partial charge in [-0.1, -0.05) is 0 Å². The fourth-order valence-corrected chi connectivity index (χ4v) is 1.07. The molecule has 1 heterocycles. The molecule has 76 valence electrons. The lowest BCUT2D eigenvalue weighted by molar-refractivity contribution is -0.142. The van der Waals surface area contributed by atoms with Crippen LogP contribution in [0.25, 0.3) is 0 Å². The van der Waals surface area contributed by atoms with Crippen molar-refractivity contribution in [3.63, 3.8) is 0 Å². The monoisotopic (exact) mass is 195 g/mol. The van der Waals surface area contributed by atoms with E-state index in [0.29, 0.717) is 5.69 Å². The minimum Gasteiger partial charge on any atom is -0.469 e. The topological polar surface area (TPSA) is 78.1 Å². The van der Waals surface area contributed by atoms with Crippen LogP contribution in [0.4, 0.5) is 0 Å². The normalized spacial score (nSPS) is 14.5. The smallest absolute Gasteiger partial charge is 0.307 e. The van der Waals surface area contributed by atoms with Crippen molar-refractivity contribution >= 4 is 5.97 Å². The third kappa shape index (κ3) is 2.50. The molecule has 5 nitrogen and oxygen atoms in total. The van der Waals surface area contributed by atoms with E-state index in [0.717, 1.165) is 0 Å². The summed E-state index contributed by atoms with van der Waals surface area (Å²) in [6.45, 7) is 1.72. The zero-order valence-corrected chi connectivity index (χ0v) is 8.23. The number of aromatic nitrogens is 2. The zero-order chi connectivity index (χ0) is 10.6. The fourth-order valence-electron chi connectivity index (χ4n) is 1.07. The van der Waals surface area contributed by atoms with E-state index in [1.807, 2.05) is 0 Å². The standard InChI is InChI=1S/C9H13N3O2/c1-9(10,6-8(13)14-2)7-4-3-5-11-12-7/h3-5H,6,10H2,1-2H3/t9-/m0/s1. The van der Waals surface area contributed by atoms with Crippen molar-refractivity contribution in [1.29, 1.82) is 0 Å². The van der Waals surface area contributed by atoms with Gasteiger partial charge in [-0.05, 0) is 19.1 Å². The first kappa shape index (κ1) is 10.6. The number of nitrogens with two attached hydrogens (primary N) is 1. The van der Waals surface area contributed by atoms with Crippen LogP contribution < -0.4 is 5.73 Å². The van der Waals surface area contributed by atoms with Gasteiger partial charge in [0.05, 0.1) is 24.8 Å². The second-order valence-corrected chi connectivity index (χ2v) is 3.28. The maximum absolute atomic E-state index is 11.1. The number of rotatable bonds is 3. The highest BCUT2D eigenvalue weighted by Crippen LogP contribution is 2.18. The molecule has 14 heavy (non-hydrogen) atoms. The highest BCUT2D eigenvalue weighted by Gasteiger charge is 2.26. The lowest BCUT2D eigenvalue weighted by Crippen LogP contribution is -2.37. The van der Waals surface area contributed by atoms with E-state index in [1.54, 1.807) is 25.3 Å². The first-order valence-corrected chi connectivity index (χ1v) is 4.20. The summed E-state index contributed by atoms with van der Waals surface area (Å²) >= 11 is 0. The van der Waals surface area contributed by atoms with Crippen molar-refractivity contribution < 1.29 is 9.53 Å². The van der Waals surface area contributed by atoms with Gasteiger partial charge in [-0.2, -0.15) is 10.2 Å². The molecule has 5 heteroatoms. The molecule has 0 spiro atoms. The van der Waals surface area contributed by atoms with E-state index in [2.05, 4.69) is 14.9 Å². The molecule has 0 amide bonds. The van der Waals surface area contributed by atoms with Crippen LogP contribution in [0.3, 0.4) is 0 Å². The van der Waals surface area contributed by atoms with Crippen LogP contribution in [0.1, 0.15) is 19.0 Å². The molecule has 0 saturated carbocycles. The van der Waals surface area contributed by atoms with Crippen molar-refractivity contribution in [1.82, 2.24) is 10.2 Å². The molecule has 1 aromatic heterocycles. The Balaban J connectivity index is 2.80. The van der Waals surface area contributed by atoms with Crippen molar-refractivity contribution in [3.05, 3.63) is 24.0 Å². The summed E-state index contributed by atoms with van der Waals surface area (Å²) in [4.78, 5) is 11.1. The van der Waals surface area contributed by atoms with Crippen LogP contribution in [0.5, 0.6) is 0 Å². The largest absolute Gasteiger partial charge is 0.469 e. The Morgan fingerprint density at radius 1 is 1.71 bits per heavy atom. The van der Waals surface area contributed by atoms with Crippen LogP contribution in [0, 0.1) is 0 Å². The van der Waals surface area contributed by atoms with Gasteiger partial charge in [0.1, 0.15) is 0 Å². The van der Waals surface area contributed by atoms with Crippen LogP contribution in [0.2, 0.25) is 0 Å². The third-order valence-electron chi connectivity index (χ3n) is 1.90. The molecule has 0 aliphatic rings. The molecule has 1 aromatic rings. The first-order chi connectivity index (χ1) is 6.56. The molecule has 0 aliphatic heterocycles. The summed E-state index contributed by atoms with van der Waals surface area (Å²) in [6.07, 6.45) is 1.64. The number of ether oxygens (including phenoxy) is 1. The third-order valence-corrected chi connectivity index (χ3v) is 1.90. The van der Waals surface area contributed by atoms with Crippen LogP contribution in [-0.2, 0) is 15.1 Å². The van der Waals surface area contributed by atoms with Gasteiger partial charge in [-0.3, -0.25) is 4.79 Å². The van der Waals surface area contributed by atoms with Crippen molar-refractivity contribution in [2.75, 3.05) is 7.11 Å². The van der Waals surface area contributed by atoms with Gasteiger partial charge in [0.15, 0.2) is 0 Å².